The Morgan fingerprint density at radius 1 is 0.794 bits per heavy atom. The van der Waals surface area contributed by atoms with Crippen LogP contribution in [-0.4, -0.2) is 35.9 Å². The van der Waals surface area contributed by atoms with Crippen molar-refractivity contribution in [2.75, 3.05) is 6.61 Å². The zero-order valence-electron chi connectivity index (χ0n) is 20.2. The number of nitrogens with zero attached hydrogens (tertiary/aromatic N) is 1. The zero-order chi connectivity index (χ0) is 24.6. The Balaban J connectivity index is 1.93. The highest BCUT2D eigenvalue weighted by Crippen LogP contribution is 2.17. The predicted octanol–water partition coefficient (Wildman–Crippen LogP) is 5.65. The molecule has 3 rings (SSSR count). The van der Waals surface area contributed by atoms with Crippen molar-refractivity contribution in [3.05, 3.63) is 107 Å². The molecule has 0 bridgehead atoms. The summed E-state index contributed by atoms with van der Waals surface area (Å²) in [4.78, 5) is 30.1. The highest BCUT2D eigenvalue weighted by molar-refractivity contribution is 6.13. The smallest absolute Gasteiger partial charge is 0.338 e. The van der Waals surface area contributed by atoms with Gasteiger partial charge in [0.1, 0.15) is 5.60 Å². The summed E-state index contributed by atoms with van der Waals surface area (Å²) in [6.45, 7) is 7.55. The van der Waals surface area contributed by atoms with Crippen molar-refractivity contribution in [3.8, 4) is 0 Å². The monoisotopic (exact) mass is 457 g/mol. The van der Waals surface area contributed by atoms with Gasteiger partial charge in [0.2, 0.25) is 0 Å². The number of hydrogen-bond donors (Lipinski definition) is 0. The van der Waals surface area contributed by atoms with Crippen LogP contribution in [0.5, 0.6) is 0 Å². The molecular weight excluding hydrogens is 426 g/mol. The Kier molecular flexibility index (Phi) is 8.36. The maximum atomic E-state index is 12.9. The molecule has 0 radical (unpaired) electrons. The third kappa shape index (κ3) is 7.14. The van der Waals surface area contributed by atoms with Gasteiger partial charge in [0.05, 0.1) is 17.9 Å². The standard InChI is InChI=1S/C29H31NO4/c1-5-33-28(32)25(20-21-16-18-24(19-17-21)27(31)34-29(2,3)4)30-26(22-12-8-6-9-13-22)23-14-10-7-11-15-23/h6-19,25H,5,20H2,1-4H3. The number of hydrogen-bond acceptors (Lipinski definition) is 5. The lowest BCUT2D eigenvalue weighted by Crippen LogP contribution is -2.26. The van der Waals surface area contributed by atoms with Gasteiger partial charge in [-0.2, -0.15) is 0 Å². The van der Waals surface area contributed by atoms with Crippen LogP contribution in [0, 0.1) is 0 Å². The predicted molar refractivity (Wildman–Crippen MR) is 134 cm³/mol. The topological polar surface area (TPSA) is 65.0 Å². The lowest BCUT2D eigenvalue weighted by molar-refractivity contribution is -0.144. The minimum Gasteiger partial charge on any atom is -0.464 e. The van der Waals surface area contributed by atoms with Crippen molar-refractivity contribution < 1.29 is 19.1 Å². The fraction of sp³-hybridized carbons (Fsp3) is 0.276. The summed E-state index contributed by atoms with van der Waals surface area (Å²) in [7, 11) is 0. The Morgan fingerprint density at radius 2 is 1.32 bits per heavy atom. The summed E-state index contributed by atoms with van der Waals surface area (Å²) in [6, 6.07) is 25.9. The highest BCUT2D eigenvalue weighted by Gasteiger charge is 2.22. The Hall–Kier alpha value is -3.73. The molecule has 5 heteroatoms. The minimum atomic E-state index is -0.734. The van der Waals surface area contributed by atoms with Gasteiger partial charge >= 0.3 is 11.9 Å². The third-order valence-electron chi connectivity index (χ3n) is 4.96. The van der Waals surface area contributed by atoms with Crippen molar-refractivity contribution in [1.82, 2.24) is 0 Å². The fourth-order valence-corrected chi connectivity index (χ4v) is 3.42. The van der Waals surface area contributed by atoms with Crippen LogP contribution in [0.3, 0.4) is 0 Å². The summed E-state index contributed by atoms with van der Waals surface area (Å²) in [5.41, 5.74) is 3.33. The van der Waals surface area contributed by atoms with Crippen LogP contribution in [0.4, 0.5) is 0 Å². The van der Waals surface area contributed by atoms with Crippen molar-refractivity contribution in [3.63, 3.8) is 0 Å². The maximum Gasteiger partial charge on any atom is 0.338 e. The molecule has 5 nitrogen and oxygen atoms in total. The first-order valence-corrected chi connectivity index (χ1v) is 11.4. The first-order valence-electron chi connectivity index (χ1n) is 11.4. The van der Waals surface area contributed by atoms with E-state index in [9.17, 15) is 9.59 Å². The number of carbonyl (C=O) groups excluding carboxylic acids is 2. The van der Waals surface area contributed by atoms with E-state index in [2.05, 4.69) is 0 Å². The zero-order valence-corrected chi connectivity index (χ0v) is 20.2. The van der Waals surface area contributed by atoms with Crippen molar-refractivity contribution >= 4 is 17.7 Å². The van der Waals surface area contributed by atoms with Gasteiger partial charge in [0, 0.05) is 17.5 Å². The summed E-state index contributed by atoms with van der Waals surface area (Å²) in [6.07, 6.45) is 0.344. The SMILES string of the molecule is CCOC(=O)C(Cc1ccc(C(=O)OC(C)(C)C)cc1)N=C(c1ccccc1)c1ccccc1. The number of carbonyl (C=O) groups is 2. The molecule has 3 aromatic carbocycles. The van der Waals surface area contributed by atoms with Crippen LogP contribution in [0.2, 0.25) is 0 Å². The molecule has 0 aliphatic rings. The molecule has 1 atom stereocenters. The van der Waals surface area contributed by atoms with E-state index in [1.54, 1.807) is 19.1 Å². The van der Waals surface area contributed by atoms with E-state index in [0.29, 0.717) is 12.0 Å². The number of rotatable bonds is 8. The molecular formula is C29H31NO4. The van der Waals surface area contributed by atoms with Gasteiger partial charge in [0.15, 0.2) is 6.04 Å². The summed E-state index contributed by atoms with van der Waals surface area (Å²) in [5, 5.41) is 0. The molecule has 34 heavy (non-hydrogen) atoms. The first-order chi connectivity index (χ1) is 16.3. The van der Waals surface area contributed by atoms with Crippen LogP contribution in [0.25, 0.3) is 0 Å². The molecule has 0 spiro atoms. The van der Waals surface area contributed by atoms with Gasteiger partial charge in [0.25, 0.3) is 0 Å². The molecule has 0 saturated carbocycles. The van der Waals surface area contributed by atoms with Gasteiger partial charge in [-0.3, -0.25) is 4.99 Å². The quantitative estimate of drug-likeness (QED) is 0.324. The first kappa shape index (κ1) is 24.9. The van der Waals surface area contributed by atoms with E-state index < -0.39 is 11.6 Å². The highest BCUT2D eigenvalue weighted by atomic mass is 16.6. The van der Waals surface area contributed by atoms with Crippen LogP contribution in [0.15, 0.2) is 89.9 Å². The third-order valence-corrected chi connectivity index (χ3v) is 4.96. The second-order valence-electron chi connectivity index (χ2n) is 8.88. The maximum absolute atomic E-state index is 12.9. The molecule has 0 heterocycles. The van der Waals surface area contributed by atoms with E-state index in [1.807, 2.05) is 93.6 Å². The van der Waals surface area contributed by atoms with E-state index >= 15 is 0 Å². The summed E-state index contributed by atoms with van der Waals surface area (Å²) < 4.78 is 10.8. The molecule has 176 valence electrons. The van der Waals surface area contributed by atoms with Crippen LogP contribution in [0.1, 0.15) is 54.7 Å². The van der Waals surface area contributed by atoms with Crippen LogP contribution >= 0.6 is 0 Å². The largest absolute Gasteiger partial charge is 0.464 e. The second kappa shape index (κ2) is 11.4. The Bertz CT molecular complexity index is 1070. The molecule has 0 saturated heterocycles. The van der Waals surface area contributed by atoms with Crippen molar-refractivity contribution in [2.24, 2.45) is 4.99 Å². The Labute approximate surface area is 201 Å². The summed E-state index contributed by atoms with van der Waals surface area (Å²) in [5.74, 6) is -0.766. The van der Waals surface area contributed by atoms with Crippen LogP contribution in [-0.2, 0) is 20.7 Å². The average molecular weight is 458 g/mol. The van der Waals surface area contributed by atoms with Gasteiger partial charge in [-0.05, 0) is 45.4 Å². The molecule has 0 amide bonds. The number of aliphatic imine (C=N–C) groups is 1. The van der Waals surface area contributed by atoms with Crippen molar-refractivity contribution in [2.45, 2.75) is 45.8 Å². The molecule has 3 aromatic rings. The van der Waals surface area contributed by atoms with E-state index in [0.717, 1.165) is 22.4 Å². The number of esters is 2. The van der Waals surface area contributed by atoms with Gasteiger partial charge in [-0.15, -0.1) is 0 Å². The second-order valence-corrected chi connectivity index (χ2v) is 8.88. The van der Waals surface area contributed by atoms with E-state index in [4.69, 9.17) is 14.5 Å². The van der Waals surface area contributed by atoms with Gasteiger partial charge in [-0.1, -0.05) is 72.8 Å². The van der Waals surface area contributed by atoms with Crippen LogP contribution < -0.4 is 0 Å². The van der Waals surface area contributed by atoms with Gasteiger partial charge < -0.3 is 9.47 Å². The lowest BCUT2D eigenvalue weighted by Gasteiger charge is -2.19. The normalized spacial score (nSPS) is 11.9. The van der Waals surface area contributed by atoms with Crippen molar-refractivity contribution in [1.29, 1.82) is 0 Å². The molecule has 1 unspecified atom stereocenters. The molecule has 0 aliphatic carbocycles. The van der Waals surface area contributed by atoms with E-state index in [1.165, 1.54) is 0 Å². The lowest BCUT2D eigenvalue weighted by atomic mass is 10.00. The Morgan fingerprint density at radius 3 is 1.79 bits per heavy atom. The molecule has 0 aromatic heterocycles. The number of benzene rings is 3. The minimum absolute atomic E-state index is 0.272. The van der Waals surface area contributed by atoms with Gasteiger partial charge in [-0.25, -0.2) is 9.59 Å². The number of ether oxygens (including phenoxy) is 2. The molecule has 0 aliphatic heterocycles. The molecule has 0 fully saturated rings. The summed E-state index contributed by atoms with van der Waals surface area (Å²) >= 11 is 0. The molecule has 0 N–H and O–H groups in total. The van der Waals surface area contributed by atoms with E-state index in [-0.39, 0.29) is 18.5 Å². The fourth-order valence-electron chi connectivity index (χ4n) is 3.42. The average Bonchev–Trinajstić information content (AvgIpc) is 2.82.